The fourth-order valence-corrected chi connectivity index (χ4v) is 2.23. The van der Waals surface area contributed by atoms with E-state index in [1.54, 1.807) is 0 Å². The lowest BCUT2D eigenvalue weighted by Gasteiger charge is -2.22. The van der Waals surface area contributed by atoms with Crippen LogP contribution in [-0.4, -0.2) is 43.7 Å². The topological polar surface area (TPSA) is 41.6 Å². The lowest BCUT2D eigenvalue weighted by molar-refractivity contribution is -0.145. The average molecular weight is 292 g/mol. The van der Waals surface area contributed by atoms with E-state index >= 15 is 0 Å². The van der Waals surface area contributed by atoms with Gasteiger partial charge in [-0.1, -0.05) is 43.7 Å². The molecule has 1 aromatic rings. The molecule has 0 spiro atoms. The Kier molecular flexibility index (Phi) is 8.01. The van der Waals surface area contributed by atoms with E-state index in [1.165, 1.54) is 5.56 Å². The van der Waals surface area contributed by atoms with Crippen LogP contribution in [0.15, 0.2) is 24.3 Å². The molecule has 0 fully saturated rings. The molecule has 1 unspecified atom stereocenters. The van der Waals surface area contributed by atoms with Gasteiger partial charge in [0.15, 0.2) is 0 Å². The second-order valence-corrected chi connectivity index (χ2v) is 5.08. The molecule has 0 heterocycles. The molecule has 0 aliphatic rings. The molecule has 118 valence electrons. The Balaban J connectivity index is 2.69. The molecule has 1 atom stereocenters. The van der Waals surface area contributed by atoms with Gasteiger partial charge in [-0.3, -0.25) is 5.32 Å². The monoisotopic (exact) mass is 292 g/mol. The summed E-state index contributed by atoms with van der Waals surface area (Å²) in [6, 6.07) is 7.63. The van der Waals surface area contributed by atoms with Crippen molar-refractivity contribution in [3.8, 4) is 0 Å². The van der Waals surface area contributed by atoms with Crippen LogP contribution in [0.4, 0.5) is 0 Å². The van der Waals surface area contributed by atoms with E-state index < -0.39 is 0 Å². The highest BCUT2D eigenvalue weighted by molar-refractivity contribution is 5.77. The van der Waals surface area contributed by atoms with Gasteiger partial charge < -0.3 is 9.64 Å². The number of carbonyl (C=O) groups excluding carboxylic acids is 1. The third-order valence-corrected chi connectivity index (χ3v) is 3.60. The molecule has 0 saturated heterocycles. The van der Waals surface area contributed by atoms with Gasteiger partial charge in [0.1, 0.15) is 6.04 Å². The minimum atomic E-state index is -0.388. The zero-order valence-corrected chi connectivity index (χ0v) is 13.7. The molecule has 4 nitrogen and oxygen atoms in total. The number of rotatable bonds is 9. The lowest BCUT2D eigenvalue weighted by atomic mass is 10.1. The van der Waals surface area contributed by atoms with Crippen LogP contribution in [0.3, 0.4) is 0 Å². The van der Waals surface area contributed by atoms with Gasteiger partial charge in [0.05, 0.1) is 6.61 Å². The molecule has 1 N–H and O–H groups in total. The van der Waals surface area contributed by atoms with Crippen LogP contribution in [0.1, 0.15) is 37.9 Å². The van der Waals surface area contributed by atoms with E-state index in [0.717, 1.165) is 31.7 Å². The molecule has 4 heteroatoms. The van der Waals surface area contributed by atoms with Crippen LogP contribution in [0.2, 0.25) is 0 Å². The zero-order valence-electron chi connectivity index (χ0n) is 13.7. The van der Waals surface area contributed by atoms with Crippen LogP contribution in [0.25, 0.3) is 0 Å². The molecule has 0 saturated carbocycles. The Morgan fingerprint density at radius 2 is 1.81 bits per heavy atom. The van der Waals surface area contributed by atoms with Crippen molar-refractivity contribution in [2.24, 2.45) is 0 Å². The number of hydrogen-bond donors (Lipinski definition) is 1. The summed E-state index contributed by atoms with van der Waals surface area (Å²) in [4.78, 5) is 14.5. The molecule has 0 aromatic heterocycles. The first-order valence-electron chi connectivity index (χ1n) is 7.81. The number of ether oxygens (including phenoxy) is 1. The largest absolute Gasteiger partial charge is 0.465 e. The van der Waals surface area contributed by atoms with E-state index in [-0.39, 0.29) is 12.0 Å². The molecule has 1 rings (SSSR count). The molecule has 0 aliphatic carbocycles. The van der Waals surface area contributed by atoms with E-state index in [1.807, 2.05) is 38.1 Å². The normalized spacial score (nSPS) is 12.4. The number of nitrogens with zero attached hydrogens (tertiary/aromatic N) is 1. The molecule has 0 amide bonds. The van der Waals surface area contributed by atoms with Crippen LogP contribution in [0.5, 0.6) is 0 Å². The Morgan fingerprint density at radius 3 is 2.33 bits per heavy atom. The van der Waals surface area contributed by atoms with Gasteiger partial charge in [-0.25, -0.2) is 4.79 Å². The SMILES string of the molecule is CCOC(=O)C(NCCN(CC)CC)c1ccc(C)cc1. The average Bonchev–Trinajstić information content (AvgIpc) is 2.49. The minimum absolute atomic E-state index is 0.207. The van der Waals surface area contributed by atoms with Crippen molar-refractivity contribution in [2.45, 2.75) is 33.7 Å². The van der Waals surface area contributed by atoms with Crippen LogP contribution in [-0.2, 0) is 9.53 Å². The molecule has 1 aromatic carbocycles. The Labute approximate surface area is 128 Å². The summed E-state index contributed by atoms with van der Waals surface area (Å²) in [5.74, 6) is -0.207. The van der Waals surface area contributed by atoms with Crippen LogP contribution >= 0.6 is 0 Å². The first-order chi connectivity index (χ1) is 10.1. The highest BCUT2D eigenvalue weighted by Crippen LogP contribution is 2.15. The standard InChI is InChI=1S/C17H28N2O2/c1-5-19(6-2)13-12-18-16(17(20)21-7-3)15-10-8-14(4)9-11-15/h8-11,16,18H,5-7,12-13H2,1-4H3. The van der Waals surface area contributed by atoms with E-state index in [9.17, 15) is 4.79 Å². The quantitative estimate of drug-likeness (QED) is 0.710. The van der Waals surface area contributed by atoms with Crippen molar-refractivity contribution in [1.82, 2.24) is 10.2 Å². The van der Waals surface area contributed by atoms with Gasteiger partial charge in [-0.05, 0) is 32.5 Å². The number of likely N-dealkylation sites (N-methyl/N-ethyl adjacent to an activating group) is 1. The second kappa shape index (κ2) is 9.53. The highest BCUT2D eigenvalue weighted by atomic mass is 16.5. The van der Waals surface area contributed by atoms with Gasteiger partial charge in [0.2, 0.25) is 0 Å². The maximum absolute atomic E-state index is 12.1. The van der Waals surface area contributed by atoms with E-state index in [0.29, 0.717) is 6.61 Å². The van der Waals surface area contributed by atoms with E-state index in [2.05, 4.69) is 24.1 Å². The number of aryl methyl sites for hydroxylation is 1. The fraction of sp³-hybridized carbons (Fsp3) is 0.588. The first-order valence-corrected chi connectivity index (χ1v) is 7.81. The van der Waals surface area contributed by atoms with Crippen LogP contribution in [0, 0.1) is 6.92 Å². The van der Waals surface area contributed by atoms with Gasteiger partial charge in [0, 0.05) is 13.1 Å². The number of esters is 1. The van der Waals surface area contributed by atoms with Gasteiger partial charge >= 0.3 is 5.97 Å². The summed E-state index contributed by atoms with van der Waals surface area (Å²) in [5, 5.41) is 3.32. The summed E-state index contributed by atoms with van der Waals surface area (Å²) in [6.45, 7) is 12.3. The maximum Gasteiger partial charge on any atom is 0.327 e. The molecule has 0 bridgehead atoms. The van der Waals surface area contributed by atoms with Crippen molar-refractivity contribution < 1.29 is 9.53 Å². The summed E-state index contributed by atoms with van der Waals surface area (Å²) >= 11 is 0. The molecular formula is C17H28N2O2. The third-order valence-electron chi connectivity index (χ3n) is 3.60. The number of carbonyl (C=O) groups is 1. The van der Waals surface area contributed by atoms with Crippen molar-refractivity contribution in [2.75, 3.05) is 32.8 Å². The fourth-order valence-electron chi connectivity index (χ4n) is 2.23. The number of benzene rings is 1. The Morgan fingerprint density at radius 1 is 1.19 bits per heavy atom. The second-order valence-electron chi connectivity index (χ2n) is 5.08. The van der Waals surface area contributed by atoms with Crippen molar-refractivity contribution in [3.63, 3.8) is 0 Å². The van der Waals surface area contributed by atoms with Crippen molar-refractivity contribution >= 4 is 5.97 Å². The summed E-state index contributed by atoms with van der Waals surface area (Å²) in [5.41, 5.74) is 2.14. The van der Waals surface area contributed by atoms with Gasteiger partial charge in [-0.2, -0.15) is 0 Å². The maximum atomic E-state index is 12.1. The Bertz CT molecular complexity index is 413. The zero-order chi connectivity index (χ0) is 15.7. The highest BCUT2D eigenvalue weighted by Gasteiger charge is 2.21. The summed E-state index contributed by atoms with van der Waals surface area (Å²) in [6.07, 6.45) is 0. The summed E-state index contributed by atoms with van der Waals surface area (Å²) in [7, 11) is 0. The minimum Gasteiger partial charge on any atom is -0.465 e. The lowest BCUT2D eigenvalue weighted by Crippen LogP contribution is -2.37. The van der Waals surface area contributed by atoms with Gasteiger partial charge in [0.25, 0.3) is 0 Å². The van der Waals surface area contributed by atoms with Crippen molar-refractivity contribution in [3.05, 3.63) is 35.4 Å². The molecule has 0 aliphatic heterocycles. The Hall–Kier alpha value is -1.39. The predicted molar refractivity (Wildman–Crippen MR) is 86.3 cm³/mol. The van der Waals surface area contributed by atoms with Gasteiger partial charge in [-0.15, -0.1) is 0 Å². The number of nitrogens with one attached hydrogen (secondary N) is 1. The van der Waals surface area contributed by atoms with Crippen LogP contribution < -0.4 is 5.32 Å². The molecule has 21 heavy (non-hydrogen) atoms. The van der Waals surface area contributed by atoms with Crippen molar-refractivity contribution in [1.29, 1.82) is 0 Å². The van der Waals surface area contributed by atoms with E-state index in [4.69, 9.17) is 4.74 Å². The first kappa shape index (κ1) is 17.7. The molecular weight excluding hydrogens is 264 g/mol. The third kappa shape index (κ3) is 5.86. The molecule has 0 radical (unpaired) electrons. The number of hydrogen-bond acceptors (Lipinski definition) is 4. The predicted octanol–water partition coefficient (Wildman–Crippen LogP) is 2.53. The summed E-state index contributed by atoms with van der Waals surface area (Å²) < 4.78 is 5.18. The smallest absolute Gasteiger partial charge is 0.327 e.